The Kier molecular flexibility index (Phi) is 3.23. The first-order valence-corrected chi connectivity index (χ1v) is 3.41. The smallest absolute Gasteiger partial charge is 0.324 e. The molecule has 0 fully saturated rings. The molecule has 0 saturated carbocycles. The minimum Gasteiger partial charge on any atom is -0.480 e. The van der Waals surface area contributed by atoms with E-state index in [4.69, 9.17) is 16.1 Å². The lowest BCUT2D eigenvalue weighted by Crippen LogP contribution is -2.33. The van der Waals surface area contributed by atoms with Crippen LogP contribution in [0.5, 0.6) is 0 Å². The van der Waals surface area contributed by atoms with Crippen molar-refractivity contribution in [2.24, 2.45) is 11.1 Å². The molecule has 5 heteroatoms. The van der Waals surface area contributed by atoms with E-state index < -0.39 is 23.7 Å². The maximum absolute atomic E-state index is 10.6. The molecular weight excluding hydrogens is 160 g/mol. The molecule has 0 aliphatic carbocycles. The van der Waals surface area contributed by atoms with E-state index in [1.807, 2.05) is 0 Å². The maximum Gasteiger partial charge on any atom is 0.324 e. The van der Waals surface area contributed by atoms with Crippen LogP contribution >= 0.6 is 0 Å². The normalized spacial score (nSPS) is 14.3. The molecule has 0 radical (unpaired) electrons. The number of primary amides is 1. The van der Waals surface area contributed by atoms with Gasteiger partial charge in [0.2, 0.25) is 5.91 Å². The van der Waals surface area contributed by atoms with E-state index >= 15 is 0 Å². The fourth-order valence-corrected chi connectivity index (χ4v) is 0.816. The van der Waals surface area contributed by atoms with Crippen LogP contribution < -0.4 is 5.73 Å². The Morgan fingerprint density at radius 2 is 2.17 bits per heavy atom. The minimum absolute atomic E-state index is 0.0712. The monoisotopic (exact) mass is 170 g/mol. The summed E-state index contributed by atoms with van der Waals surface area (Å²) in [4.78, 5) is 21.0. The van der Waals surface area contributed by atoms with E-state index in [0.29, 0.717) is 0 Å². The van der Waals surface area contributed by atoms with Gasteiger partial charge in [-0.3, -0.25) is 9.59 Å². The second kappa shape index (κ2) is 3.72. The molecule has 0 aromatic rings. The molecule has 0 spiro atoms. The third-order valence-electron chi connectivity index (χ3n) is 1.70. The average molecular weight is 170 g/mol. The first-order valence-electron chi connectivity index (χ1n) is 3.41. The largest absolute Gasteiger partial charge is 0.480 e. The molecule has 66 valence electrons. The summed E-state index contributed by atoms with van der Waals surface area (Å²) in [7, 11) is 0. The van der Waals surface area contributed by atoms with Gasteiger partial charge in [-0.1, -0.05) is 6.92 Å². The van der Waals surface area contributed by atoms with Gasteiger partial charge in [0, 0.05) is 0 Å². The predicted molar refractivity (Wildman–Crippen MR) is 39.8 cm³/mol. The number of carbonyl (C=O) groups excluding carboxylic acids is 1. The summed E-state index contributed by atoms with van der Waals surface area (Å²) in [5, 5.41) is 17.2. The number of carbonyl (C=O) groups is 2. The fraction of sp³-hybridized carbons (Fsp3) is 0.571. The van der Waals surface area contributed by atoms with Crippen LogP contribution in [0.2, 0.25) is 0 Å². The van der Waals surface area contributed by atoms with Crippen molar-refractivity contribution in [1.29, 1.82) is 5.26 Å². The SMILES string of the molecule is CCC(C#N)(CC(N)=O)C(=O)O. The Hall–Kier alpha value is -1.57. The van der Waals surface area contributed by atoms with Gasteiger partial charge in [0.15, 0.2) is 5.41 Å². The molecule has 0 aromatic carbocycles. The van der Waals surface area contributed by atoms with Crippen LogP contribution in [-0.4, -0.2) is 17.0 Å². The number of aliphatic carboxylic acids is 1. The van der Waals surface area contributed by atoms with Crippen LogP contribution in [0.15, 0.2) is 0 Å². The number of nitrogens with zero attached hydrogens (tertiary/aromatic N) is 1. The third kappa shape index (κ3) is 1.95. The van der Waals surface area contributed by atoms with E-state index in [0.717, 1.165) is 0 Å². The van der Waals surface area contributed by atoms with Crippen molar-refractivity contribution in [3.8, 4) is 6.07 Å². The van der Waals surface area contributed by atoms with Gasteiger partial charge in [-0.2, -0.15) is 5.26 Å². The van der Waals surface area contributed by atoms with Crippen molar-refractivity contribution < 1.29 is 14.7 Å². The molecular formula is C7H10N2O3. The molecule has 0 bridgehead atoms. The van der Waals surface area contributed by atoms with Crippen LogP contribution in [0.1, 0.15) is 19.8 Å². The standard InChI is InChI=1S/C7H10N2O3/c1-2-7(4-8,6(11)12)3-5(9)10/h2-3H2,1H3,(H2,9,10)(H,11,12). The third-order valence-corrected chi connectivity index (χ3v) is 1.70. The highest BCUT2D eigenvalue weighted by Crippen LogP contribution is 2.25. The molecule has 5 nitrogen and oxygen atoms in total. The highest BCUT2D eigenvalue weighted by Gasteiger charge is 2.38. The molecule has 1 atom stereocenters. The first kappa shape index (κ1) is 10.4. The summed E-state index contributed by atoms with van der Waals surface area (Å²) < 4.78 is 0. The Balaban J connectivity index is 4.74. The van der Waals surface area contributed by atoms with Crippen LogP contribution in [-0.2, 0) is 9.59 Å². The molecule has 0 aliphatic heterocycles. The summed E-state index contributed by atoms with van der Waals surface area (Å²) >= 11 is 0. The zero-order chi connectivity index (χ0) is 9.78. The Labute approximate surface area is 69.8 Å². The molecule has 0 saturated heterocycles. The van der Waals surface area contributed by atoms with Crippen molar-refractivity contribution in [2.75, 3.05) is 0 Å². The molecule has 12 heavy (non-hydrogen) atoms. The molecule has 0 aliphatic rings. The lowest BCUT2D eigenvalue weighted by Gasteiger charge is -2.16. The van der Waals surface area contributed by atoms with E-state index in [-0.39, 0.29) is 6.42 Å². The molecule has 0 heterocycles. The highest BCUT2D eigenvalue weighted by atomic mass is 16.4. The minimum atomic E-state index is -1.65. The number of rotatable bonds is 4. The van der Waals surface area contributed by atoms with E-state index in [1.165, 1.54) is 6.92 Å². The van der Waals surface area contributed by atoms with Crippen molar-refractivity contribution in [2.45, 2.75) is 19.8 Å². The number of amides is 1. The maximum atomic E-state index is 10.6. The summed E-state index contributed by atoms with van der Waals surface area (Å²) in [5.74, 6) is -2.08. The summed E-state index contributed by atoms with van der Waals surface area (Å²) in [5.41, 5.74) is 3.17. The summed E-state index contributed by atoms with van der Waals surface area (Å²) in [6.45, 7) is 1.53. The van der Waals surface area contributed by atoms with Gasteiger partial charge in [-0.05, 0) is 6.42 Å². The van der Waals surface area contributed by atoms with E-state index in [9.17, 15) is 9.59 Å². The number of nitriles is 1. The topological polar surface area (TPSA) is 104 Å². The van der Waals surface area contributed by atoms with Gasteiger partial charge in [-0.25, -0.2) is 0 Å². The van der Waals surface area contributed by atoms with Crippen LogP contribution in [0.4, 0.5) is 0 Å². The summed E-state index contributed by atoms with van der Waals surface area (Å²) in [6.07, 6.45) is -0.364. The Morgan fingerprint density at radius 3 is 2.25 bits per heavy atom. The predicted octanol–water partition coefficient (Wildman–Crippen LogP) is -0.134. The molecule has 1 amide bonds. The van der Waals surface area contributed by atoms with Gasteiger partial charge in [0.1, 0.15) is 0 Å². The van der Waals surface area contributed by atoms with Crippen LogP contribution in [0, 0.1) is 16.7 Å². The van der Waals surface area contributed by atoms with Crippen LogP contribution in [0.25, 0.3) is 0 Å². The van der Waals surface area contributed by atoms with Crippen LogP contribution in [0.3, 0.4) is 0 Å². The van der Waals surface area contributed by atoms with Gasteiger partial charge >= 0.3 is 5.97 Å². The fourth-order valence-electron chi connectivity index (χ4n) is 0.816. The number of hydrogen-bond acceptors (Lipinski definition) is 3. The van der Waals surface area contributed by atoms with Crippen molar-refractivity contribution in [1.82, 2.24) is 0 Å². The molecule has 1 unspecified atom stereocenters. The second-order valence-electron chi connectivity index (χ2n) is 2.50. The van der Waals surface area contributed by atoms with Crippen molar-refractivity contribution in [3.63, 3.8) is 0 Å². The van der Waals surface area contributed by atoms with Gasteiger partial charge in [0.25, 0.3) is 0 Å². The summed E-state index contributed by atoms with van der Waals surface area (Å²) in [6, 6.07) is 1.60. The first-order chi connectivity index (χ1) is 5.48. The van der Waals surface area contributed by atoms with Gasteiger partial charge in [-0.15, -0.1) is 0 Å². The highest BCUT2D eigenvalue weighted by molar-refractivity contribution is 5.86. The molecule has 0 rings (SSSR count). The van der Waals surface area contributed by atoms with Crippen molar-refractivity contribution in [3.05, 3.63) is 0 Å². The van der Waals surface area contributed by atoms with E-state index in [2.05, 4.69) is 0 Å². The second-order valence-corrected chi connectivity index (χ2v) is 2.50. The van der Waals surface area contributed by atoms with Crippen molar-refractivity contribution >= 4 is 11.9 Å². The zero-order valence-corrected chi connectivity index (χ0v) is 6.70. The number of carboxylic acid groups (broad SMARTS) is 1. The lowest BCUT2D eigenvalue weighted by molar-refractivity contribution is -0.148. The number of hydrogen-bond donors (Lipinski definition) is 2. The lowest BCUT2D eigenvalue weighted by atomic mass is 9.83. The van der Waals surface area contributed by atoms with E-state index in [1.54, 1.807) is 6.07 Å². The quantitative estimate of drug-likeness (QED) is 0.612. The number of carboxylic acids is 1. The molecule has 0 aromatic heterocycles. The van der Waals surface area contributed by atoms with Gasteiger partial charge in [0.05, 0.1) is 12.5 Å². The Morgan fingerprint density at radius 1 is 1.67 bits per heavy atom. The zero-order valence-electron chi connectivity index (χ0n) is 6.70. The van der Waals surface area contributed by atoms with Gasteiger partial charge < -0.3 is 10.8 Å². The Bertz CT molecular complexity index is 244. The molecule has 3 N–H and O–H groups in total. The average Bonchev–Trinajstić information content (AvgIpc) is 1.99. The number of nitrogens with two attached hydrogens (primary N) is 1.